The molecule has 0 bridgehead atoms. The van der Waals surface area contributed by atoms with Crippen LogP contribution >= 0.6 is 0 Å². The Labute approximate surface area is 769 Å². The van der Waals surface area contributed by atoms with Crippen molar-refractivity contribution >= 4 is 23.9 Å². The zero-order chi connectivity index (χ0) is 89.7. The average Bonchev–Trinajstić information content (AvgIpc) is 0.841. The highest BCUT2D eigenvalue weighted by Crippen LogP contribution is 2.30. The molecule has 722 valence electrons. The van der Waals surface area contributed by atoms with E-state index in [4.69, 9.17) is 18.9 Å². The zero-order valence-corrected chi connectivity index (χ0v) is 83.9. The minimum Gasteiger partial charge on any atom is -0.465 e. The van der Waals surface area contributed by atoms with Crippen LogP contribution in [-0.2, 0) is 51.2 Å². The number of rotatable bonds is 89. The number of nitrogens with zero attached hydrogens (tertiary/aromatic N) is 4. The van der Waals surface area contributed by atoms with Gasteiger partial charge in [0, 0.05) is 38.3 Å². The predicted molar refractivity (Wildman–Crippen MR) is 533 cm³/mol. The monoisotopic (exact) mass is 1740 g/mol. The molecule has 1 aliphatic rings. The van der Waals surface area contributed by atoms with Crippen LogP contribution in [0.5, 0.6) is 0 Å². The van der Waals surface area contributed by atoms with Crippen LogP contribution in [0.4, 0.5) is 0 Å². The van der Waals surface area contributed by atoms with Gasteiger partial charge in [0.25, 0.3) is 0 Å². The van der Waals surface area contributed by atoms with Crippen LogP contribution in [0.1, 0.15) is 503 Å². The Morgan fingerprint density at radius 3 is 0.685 bits per heavy atom. The molecule has 12 heteroatoms. The van der Waals surface area contributed by atoms with Crippen LogP contribution in [0.3, 0.4) is 0 Å². The van der Waals surface area contributed by atoms with Crippen LogP contribution in [-0.4, -0.2) is 135 Å². The van der Waals surface area contributed by atoms with Crippen LogP contribution in [0.2, 0.25) is 0 Å². The van der Waals surface area contributed by atoms with E-state index in [1.165, 1.54) is 281 Å². The molecule has 0 radical (unpaired) electrons. The number of hydrogen-bond donors (Lipinski definition) is 0. The fourth-order valence-electron chi connectivity index (χ4n) is 18.8. The average molecular weight is 1740 g/mol. The standard InChI is InChI=1S/C62H108N2O4.C50H98N2O4/c1-5-9-13-17-21-35-47-59(45-33-15-11-7-3)61(65)67-53-39-25-19-23-37-49-63(55-57-41-29-27-30-42-57)51-52-64(56-58-43-31-28-32-44-58)50-38-24-20-26-40-54-68-62(66)60(46-34-16-12-8-4)48-36-22-18-14-10-6-2;1-7-11-15-19-21-27-37-45(35-25-17-13-9-3)49(53)55-43-33-23-31-41-51(5)47-39-29-30-40-48(47)52(6)42-32-24-34-44-56-50(54)46(36-26-18-14-10-4)38-28-22-20-16-12-8-2/h27-32,41-44,59-60H,5-26,33-40,45-56H2,1-4H3;45-48H,7-44H2,1-6H3/t;45?,46?,47-,48-/m.1/s1. The van der Waals surface area contributed by atoms with Crippen molar-refractivity contribution in [3.63, 3.8) is 0 Å². The molecule has 0 heterocycles. The van der Waals surface area contributed by atoms with E-state index >= 15 is 0 Å². The van der Waals surface area contributed by atoms with Crippen molar-refractivity contribution in [2.24, 2.45) is 23.7 Å². The summed E-state index contributed by atoms with van der Waals surface area (Å²) in [4.78, 5) is 63.0. The summed E-state index contributed by atoms with van der Waals surface area (Å²) in [6, 6.07) is 23.2. The van der Waals surface area contributed by atoms with Gasteiger partial charge in [-0.25, -0.2) is 0 Å². The Hall–Kier alpha value is -3.84. The smallest absolute Gasteiger partial charge is 0.308 e. The highest BCUT2D eigenvalue weighted by molar-refractivity contribution is 5.73. The van der Waals surface area contributed by atoms with Crippen molar-refractivity contribution in [2.75, 3.05) is 79.8 Å². The van der Waals surface area contributed by atoms with E-state index in [-0.39, 0.29) is 47.5 Å². The number of ether oxygens (including phenoxy) is 4. The normalized spacial score (nSPS) is 14.6. The first kappa shape index (κ1) is 116. The molecule has 3 rings (SSSR count). The van der Waals surface area contributed by atoms with Gasteiger partial charge in [-0.3, -0.25) is 29.0 Å². The number of hydrogen-bond acceptors (Lipinski definition) is 12. The summed E-state index contributed by atoms with van der Waals surface area (Å²) in [5.41, 5.74) is 2.77. The lowest BCUT2D eigenvalue weighted by Gasteiger charge is -2.42. The van der Waals surface area contributed by atoms with Gasteiger partial charge in [0.1, 0.15) is 0 Å². The molecule has 12 nitrogen and oxygen atoms in total. The third-order valence-corrected chi connectivity index (χ3v) is 27.2. The zero-order valence-electron chi connectivity index (χ0n) is 83.9. The van der Waals surface area contributed by atoms with Crippen LogP contribution in [0, 0.1) is 23.7 Å². The van der Waals surface area contributed by atoms with E-state index in [0.717, 1.165) is 219 Å². The van der Waals surface area contributed by atoms with E-state index in [2.05, 4.69) is 150 Å². The molecule has 2 aromatic carbocycles. The maximum Gasteiger partial charge on any atom is 0.308 e. The highest BCUT2D eigenvalue weighted by atomic mass is 16.5. The van der Waals surface area contributed by atoms with Gasteiger partial charge in [-0.05, 0) is 180 Å². The fraction of sp³-hybridized carbons (Fsp3) is 0.857. The van der Waals surface area contributed by atoms with E-state index < -0.39 is 0 Å². The van der Waals surface area contributed by atoms with E-state index in [9.17, 15) is 19.2 Å². The van der Waals surface area contributed by atoms with Crippen LogP contribution in [0.25, 0.3) is 0 Å². The summed E-state index contributed by atoms with van der Waals surface area (Å²) in [7, 11) is 4.67. The molecule has 0 N–H and O–H groups in total. The number of esters is 4. The van der Waals surface area contributed by atoms with Crippen molar-refractivity contribution < 1.29 is 38.1 Å². The van der Waals surface area contributed by atoms with E-state index in [1.54, 1.807) is 0 Å². The molecular weight excluding hydrogens is 1530 g/mol. The summed E-state index contributed by atoms with van der Waals surface area (Å²) in [6.45, 7) is 28.9. The molecule has 0 saturated heterocycles. The number of carbonyl (C=O) groups is 4. The third-order valence-electron chi connectivity index (χ3n) is 27.2. The molecule has 1 fully saturated rings. The Morgan fingerprint density at radius 1 is 0.250 bits per heavy atom. The largest absolute Gasteiger partial charge is 0.465 e. The third kappa shape index (κ3) is 66.5. The molecule has 0 amide bonds. The summed E-state index contributed by atoms with van der Waals surface area (Å²) >= 11 is 0. The van der Waals surface area contributed by atoms with E-state index in [1.807, 2.05) is 0 Å². The van der Waals surface area contributed by atoms with Crippen molar-refractivity contribution in [1.29, 1.82) is 0 Å². The van der Waals surface area contributed by atoms with Crippen molar-refractivity contribution in [3.05, 3.63) is 71.8 Å². The number of likely N-dealkylation sites (N-methyl/N-ethyl adjacent to an activating group) is 2. The summed E-state index contributed by atoms with van der Waals surface area (Å²) in [6.07, 6.45) is 81.3. The fourth-order valence-corrected chi connectivity index (χ4v) is 18.8. The van der Waals surface area contributed by atoms with Gasteiger partial charge in [-0.15, -0.1) is 0 Å². The highest BCUT2D eigenvalue weighted by Gasteiger charge is 2.31. The van der Waals surface area contributed by atoms with Crippen molar-refractivity contribution in [3.8, 4) is 0 Å². The summed E-state index contributed by atoms with van der Waals surface area (Å²) in [5.74, 6) is 0.663. The molecule has 0 spiro atoms. The molecule has 0 aromatic heterocycles. The second-order valence-electron chi connectivity index (χ2n) is 38.6. The van der Waals surface area contributed by atoms with E-state index in [0.29, 0.717) is 38.5 Å². The predicted octanol–water partition coefficient (Wildman–Crippen LogP) is 31.9. The van der Waals surface area contributed by atoms with Crippen molar-refractivity contribution in [1.82, 2.24) is 19.6 Å². The van der Waals surface area contributed by atoms with Gasteiger partial charge in [0.2, 0.25) is 0 Å². The Morgan fingerprint density at radius 2 is 0.444 bits per heavy atom. The molecular formula is C112H206N4O8. The Balaban J connectivity index is 0.000000857. The maximum absolute atomic E-state index is 13.1. The lowest BCUT2D eigenvalue weighted by molar-refractivity contribution is -0.150. The molecule has 2 aromatic rings. The quantitative estimate of drug-likeness (QED) is 0.0356. The molecule has 4 unspecified atom stereocenters. The van der Waals surface area contributed by atoms with Crippen LogP contribution < -0.4 is 0 Å². The Bertz CT molecular complexity index is 2440. The van der Waals surface area contributed by atoms with Gasteiger partial charge in [0.15, 0.2) is 0 Å². The molecule has 1 saturated carbocycles. The summed E-state index contributed by atoms with van der Waals surface area (Å²) < 4.78 is 23.6. The minimum absolute atomic E-state index is 0.0674. The minimum atomic E-state index is 0.0674. The molecule has 124 heavy (non-hydrogen) atoms. The van der Waals surface area contributed by atoms with Gasteiger partial charge in [-0.2, -0.15) is 0 Å². The second-order valence-corrected chi connectivity index (χ2v) is 38.6. The summed E-state index contributed by atoms with van der Waals surface area (Å²) in [5, 5.41) is 0. The SMILES string of the molecule is CCCCCCCCC(CCCCCC)C(=O)OCCCCCCCN(CCN(CCCCCCCOC(=O)C(CCCCCC)CCCCCCCC)Cc1ccccc1)Cc1ccccc1.CCCCCCCCC(CCCCCC)C(=O)OCCCCCN(C)[C@@H]1CCCC[C@H]1N(C)CCCCCOC(=O)C(CCCCCC)CCCCCCCC. The van der Waals surface area contributed by atoms with Crippen molar-refractivity contribution in [2.45, 2.75) is 517 Å². The first-order chi connectivity index (χ1) is 60.9. The Kier molecular flexibility index (Phi) is 81.7. The first-order valence-corrected chi connectivity index (χ1v) is 54.5. The number of unbranched alkanes of at least 4 members (excludes halogenated alkanes) is 44. The van der Waals surface area contributed by atoms with Gasteiger partial charge in [0.05, 0.1) is 50.1 Å². The van der Waals surface area contributed by atoms with Gasteiger partial charge < -0.3 is 28.7 Å². The number of carbonyl (C=O) groups excluding carboxylic acids is 4. The van der Waals surface area contributed by atoms with Gasteiger partial charge >= 0.3 is 23.9 Å². The lowest BCUT2D eigenvalue weighted by atomic mass is 9.88. The second kappa shape index (κ2) is 87.2. The maximum atomic E-state index is 13.1. The lowest BCUT2D eigenvalue weighted by Crippen LogP contribution is -2.51. The topological polar surface area (TPSA) is 118 Å². The van der Waals surface area contributed by atoms with Crippen LogP contribution in [0.15, 0.2) is 60.7 Å². The molecule has 1 aliphatic carbocycles. The molecule has 0 aliphatic heterocycles. The number of benzene rings is 2. The van der Waals surface area contributed by atoms with Gasteiger partial charge in [-0.1, -0.05) is 424 Å². The first-order valence-electron chi connectivity index (χ1n) is 54.5. The molecule has 6 atom stereocenters.